The van der Waals surface area contributed by atoms with Gasteiger partial charge in [0, 0.05) is 0 Å². The zero-order valence-electron chi connectivity index (χ0n) is 12.7. The number of morpholine rings is 1. The first-order valence-electron chi connectivity index (χ1n) is 7.36. The monoisotopic (exact) mass is 340 g/mol. The Morgan fingerprint density at radius 1 is 1.42 bits per heavy atom. The molecule has 2 saturated heterocycles. The molecule has 2 fully saturated rings. The molecule has 0 aliphatic carbocycles. The van der Waals surface area contributed by atoms with E-state index >= 15 is 0 Å². The molecule has 1 unspecified atom stereocenters. The Labute approximate surface area is 136 Å². The maximum atomic E-state index is 12.5. The maximum absolute atomic E-state index is 12.5. The third-order valence-corrected chi connectivity index (χ3v) is 3.79. The lowest BCUT2D eigenvalue weighted by Gasteiger charge is -2.45. The number of ether oxygens (including phenoxy) is 2. The van der Waals surface area contributed by atoms with Crippen LogP contribution in [0.2, 0.25) is 0 Å². The number of amides is 1. The molecule has 0 saturated carbocycles. The Balaban J connectivity index is 1.58. The van der Waals surface area contributed by atoms with E-state index in [0.29, 0.717) is 26.3 Å². The van der Waals surface area contributed by atoms with E-state index in [-0.39, 0.29) is 18.8 Å². The van der Waals surface area contributed by atoms with Crippen molar-refractivity contribution >= 4 is 18.2 Å². The molecule has 3 rings (SSSR count). The van der Waals surface area contributed by atoms with Gasteiger partial charge in [-0.15, -0.1) is 0 Å². The lowest BCUT2D eigenvalue weighted by Crippen LogP contribution is -2.54. The highest BCUT2D eigenvalue weighted by Gasteiger charge is 2.36. The SMILES string of the molecule is O=C1OC(C[N+]2([O-])CCOCC2)CN1/N=C/c1ccc([N+](=O)[O-])o1. The van der Waals surface area contributed by atoms with Crippen molar-refractivity contribution in [2.24, 2.45) is 5.10 Å². The Bertz CT molecular complexity index is 653. The Morgan fingerprint density at radius 3 is 2.83 bits per heavy atom. The minimum Gasteiger partial charge on any atom is -0.633 e. The molecular weight excluding hydrogens is 324 g/mol. The van der Waals surface area contributed by atoms with Gasteiger partial charge >= 0.3 is 12.0 Å². The molecule has 11 nitrogen and oxygen atoms in total. The molecule has 2 aliphatic rings. The standard InChI is InChI=1S/C13H16N4O7/c18-13-15(14-7-10-1-2-12(23-10)16(19)20)8-11(24-13)9-17(21)3-5-22-6-4-17/h1-2,7,11H,3-6,8-9H2/b14-7+. The number of quaternary nitrogens is 1. The molecule has 2 aliphatic heterocycles. The van der Waals surface area contributed by atoms with Crippen molar-refractivity contribution < 1.29 is 28.3 Å². The van der Waals surface area contributed by atoms with Gasteiger partial charge in [-0.25, -0.2) is 4.79 Å². The lowest BCUT2D eigenvalue weighted by atomic mass is 10.3. The summed E-state index contributed by atoms with van der Waals surface area (Å²) >= 11 is 0. The first-order chi connectivity index (χ1) is 11.5. The fourth-order valence-electron chi connectivity index (χ4n) is 2.56. The number of hydroxylamine groups is 3. The van der Waals surface area contributed by atoms with Crippen molar-refractivity contribution in [1.29, 1.82) is 0 Å². The van der Waals surface area contributed by atoms with Crippen molar-refractivity contribution in [2.45, 2.75) is 6.10 Å². The molecule has 0 spiro atoms. The van der Waals surface area contributed by atoms with Crippen LogP contribution in [0.15, 0.2) is 21.7 Å². The van der Waals surface area contributed by atoms with Crippen LogP contribution >= 0.6 is 0 Å². The molecule has 0 bridgehead atoms. The van der Waals surface area contributed by atoms with Crippen molar-refractivity contribution in [3.63, 3.8) is 0 Å². The fourth-order valence-corrected chi connectivity index (χ4v) is 2.56. The maximum Gasteiger partial charge on any atom is 0.433 e. The first-order valence-corrected chi connectivity index (χ1v) is 7.36. The van der Waals surface area contributed by atoms with Gasteiger partial charge in [-0.2, -0.15) is 10.1 Å². The highest BCUT2D eigenvalue weighted by Crippen LogP contribution is 2.19. The van der Waals surface area contributed by atoms with Crippen LogP contribution in [0, 0.1) is 15.3 Å². The number of rotatable bonds is 5. The molecule has 1 atom stereocenters. The van der Waals surface area contributed by atoms with Gasteiger partial charge < -0.3 is 23.7 Å². The number of hydrazone groups is 1. The molecule has 24 heavy (non-hydrogen) atoms. The number of carbonyl (C=O) groups is 1. The summed E-state index contributed by atoms with van der Waals surface area (Å²) in [6.07, 6.45) is -0.0410. The number of nitrogens with zero attached hydrogens (tertiary/aromatic N) is 4. The fraction of sp³-hybridized carbons (Fsp3) is 0.538. The van der Waals surface area contributed by atoms with Crippen LogP contribution in [-0.2, 0) is 9.47 Å². The predicted molar refractivity (Wildman–Crippen MR) is 79.0 cm³/mol. The number of hydrogen-bond donors (Lipinski definition) is 0. The van der Waals surface area contributed by atoms with Crippen LogP contribution in [-0.4, -0.2) is 72.4 Å². The van der Waals surface area contributed by atoms with E-state index in [0.717, 1.165) is 5.01 Å². The van der Waals surface area contributed by atoms with Crippen LogP contribution in [0.3, 0.4) is 0 Å². The second-order valence-corrected chi connectivity index (χ2v) is 5.57. The molecule has 11 heteroatoms. The molecule has 0 aromatic carbocycles. The summed E-state index contributed by atoms with van der Waals surface area (Å²) in [4.78, 5) is 21.6. The average Bonchev–Trinajstić information content (AvgIpc) is 3.12. The summed E-state index contributed by atoms with van der Waals surface area (Å²) in [5, 5.41) is 28.0. The van der Waals surface area contributed by atoms with E-state index in [1.54, 1.807) is 0 Å². The van der Waals surface area contributed by atoms with Crippen molar-refractivity contribution in [1.82, 2.24) is 5.01 Å². The molecule has 1 aromatic rings. The van der Waals surface area contributed by atoms with Crippen molar-refractivity contribution in [3.05, 3.63) is 33.2 Å². The summed E-state index contributed by atoms with van der Waals surface area (Å²) in [6, 6.07) is 2.56. The second kappa shape index (κ2) is 6.55. The highest BCUT2D eigenvalue weighted by atomic mass is 16.6. The molecule has 0 radical (unpaired) electrons. The minimum atomic E-state index is -0.670. The van der Waals surface area contributed by atoms with Crippen LogP contribution in [0.1, 0.15) is 5.76 Å². The largest absolute Gasteiger partial charge is 0.633 e. The summed E-state index contributed by atoms with van der Waals surface area (Å²) in [5.74, 6) is -0.276. The Morgan fingerprint density at radius 2 is 2.17 bits per heavy atom. The van der Waals surface area contributed by atoms with Gasteiger partial charge in [0.25, 0.3) is 0 Å². The summed E-state index contributed by atoms with van der Waals surface area (Å²) in [7, 11) is 0. The molecule has 1 aromatic heterocycles. The topological polar surface area (TPSA) is 130 Å². The first kappa shape index (κ1) is 16.4. The Hall–Kier alpha value is -2.50. The third kappa shape index (κ3) is 3.69. The zero-order chi connectivity index (χ0) is 17.2. The summed E-state index contributed by atoms with van der Waals surface area (Å²) in [5.41, 5.74) is 0. The van der Waals surface area contributed by atoms with Crippen LogP contribution in [0.5, 0.6) is 0 Å². The number of hydrogen-bond acceptors (Lipinski definition) is 8. The van der Waals surface area contributed by atoms with Gasteiger partial charge in [-0.05, 0) is 6.07 Å². The minimum absolute atomic E-state index is 0.137. The molecule has 0 N–H and O–H groups in total. The zero-order valence-corrected chi connectivity index (χ0v) is 12.7. The van der Waals surface area contributed by atoms with Gasteiger partial charge in [-0.3, -0.25) is 10.1 Å². The van der Waals surface area contributed by atoms with E-state index in [4.69, 9.17) is 13.9 Å². The molecular formula is C13H16N4O7. The summed E-state index contributed by atoms with van der Waals surface area (Å²) < 4.78 is 14.8. The molecule has 1 amide bonds. The molecule has 130 valence electrons. The van der Waals surface area contributed by atoms with E-state index in [1.807, 2.05) is 0 Å². The number of cyclic esters (lactones) is 1. The van der Waals surface area contributed by atoms with E-state index in [2.05, 4.69) is 5.10 Å². The van der Waals surface area contributed by atoms with E-state index in [9.17, 15) is 20.1 Å². The van der Waals surface area contributed by atoms with Gasteiger partial charge in [0.05, 0.1) is 32.0 Å². The van der Waals surface area contributed by atoms with Crippen molar-refractivity contribution in [2.75, 3.05) is 39.4 Å². The molecule has 3 heterocycles. The van der Waals surface area contributed by atoms with Crippen LogP contribution in [0.25, 0.3) is 0 Å². The van der Waals surface area contributed by atoms with E-state index in [1.165, 1.54) is 18.3 Å². The highest BCUT2D eigenvalue weighted by molar-refractivity contribution is 5.78. The second-order valence-electron chi connectivity index (χ2n) is 5.57. The van der Waals surface area contributed by atoms with Gasteiger partial charge in [0.2, 0.25) is 0 Å². The number of furan rings is 1. The smallest absolute Gasteiger partial charge is 0.433 e. The number of nitro groups is 1. The Kier molecular flexibility index (Phi) is 4.46. The number of carbonyl (C=O) groups excluding carboxylic acids is 1. The predicted octanol–water partition coefficient (Wildman–Crippen LogP) is 0.687. The third-order valence-electron chi connectivity index (χ3n) is 3.79. The van der Waals surface area contributed by atoms with Crippen LogP contribution in [0.4, 0.5) is 10.7 Å². The van der Waals surface area contributed by atoms with Crippen LogP contribution < -0.4 is 0 Å². The van der Waals surface area contributed by atoms with Gasteiger partial charge in [-0.1, -0.05) is 0 Å². The normalized spacial score (nSPS) is 23.6. The van der Waals surface area contributed by atoms with Gasteiger partial charge in [0.15, 0.2) is 11.9 Å². The van der Waals surface area contributed by atoms with E-state index < -0.39 is 27.7 Å². The van der Waals surface area contributed by atoms with Gasteiger partial charge in [0.1, 0.15) is 24.6 Å². The average molecular weight is 340 g/mol. The summed E-state index contributed by atoms with van der Waals surface area (Å²) in [6.45, 7) is 1.72. The lowest BCUT2D eigenvalue weighted by molar-refractivity contribution is -0.891. The quantitative estimate of drug-likeness (QED) is 0.253. The van der Waals surface area contributed by atoms with Crippen molar-refractivity contribution in [3.8, 4) is 0 Å².